The summed E-state index contributed by atoms with van der Waals surface area (Å²) in [5, 5.41) is 0. The minimum absolute atomic E-state index is 0. The third kappa shape index (κ3) is 50.5. The Balaban J connectivity index is -0.000000309. The molecule has 0 aliphatic carbocycles. The maximum atomic E-state index is 10.2. The van der Waals surface area contributed by atoms with Gasteiger partial charge in [0.2, 0.25) is 20.8 Å². The summed E-state index contributed by atoms with van der Waals surface area (Å²) in [7, 11) is -8.98. The second kappa shape index (κ2) is 34.9. The standard InChI is InChI=1S/2C14H30O4S.2H3N/c2*1-2-3-4-5-6-7-8-9-10-11-12-13-14-18-19(15,16)17;;/h2*2-14H2,1H3,(H,15,16,17);2*1H3. The van der Waals surface area contributed by atoms with Crippen molar-refractivity contribution in [1.29, 1.82) is 0 Å². The minimum atomic E-state index is -4.49. The van der Waals surface area contributed by atoms with E-state index in [1.54, 1.807) is 0 Å². The van der Waals surface area contributed by atoms with Crippen molar-refractivity contribution in [3.8, 4) is 0 Å². The summed E-state index contributed by atoms with van der Waals surface area (Å²) < 4.78 is 69.2. The van der Waals surface area contributed by atoms with E-state index in [1.165, 1.54) is 116 Å². The molecule has 0 amide bonds. The van der Waals surface area contributed by atoms with Crippen LogP contribution in [0.25, 0.3) is 0 Å². The van der Waals surface area contributed by atoms with Gasteiger partial charge in [0.05, 0.1) is 13.2 Å². The SMILES string of the molecule is CCCCCCCCCCCCCCOS(=O)(=O)[O-].CCCCCCCCCCCCCCOS(=O)(=O)[O-].[NH4+].[NH4+]. The van der Waals surface area contributed by atoms with Crippen LogP contribution in [0.3, 0.4) is 0 Å². The van der Waals surface area contributed by atoms with Crippen molar-refractivity contribution in [3.63, 3.8) is 0 Å². The van der Waals surface area contributed by atoms with E-state index in [4.69, 9.17) is 0 Å². The fourth-order valence-electron chi connectivity index (χ4n) is 4.21. The average molecular weight is 623 g/mol. The van der Waals surface area contributed by atoms with E-state index < -0.39 is 20.8 Å². The quantitative estimate of drug-likeness (QED) is 0.0487. The Bertz CT molecular complexity index is 620. The Morgan fingerprint density at radius 2 is 0.550 bits per heavy atom. The van der Waals surface area contributed by atoms with Crippen molar-refractivity contribution < 1.29 is 34.3 Å². The largest absolute Gasteiger partial charge is 0.726 e. The molecular weight excluding hydrogens is 556 g/mol. The van der Waals surface area contributed by atoms with Gasteiger partial charge in [-0.2, -0.15) is 0 Å². The summed E-state index contributed by atoms with van der Waals surface area (Å²) in [5.74, 6) is 0. The van der Waals surface area contributed by atoms with Gasteiger partial charge >= 0.3 is 0 Å². The van der Waals surface area contributed by atoms with Gasteiger partial charge in [-0.1, -0.05) is 155 Å². The van der Waals surface area contributed by atoms with Crippen molar-refractivity contribution >= 4 is 20.8 Å². The third-order valence-corrected chi connectivity index (χ3v) is 7.36. The van der Waals surface area contributed by atoms with Crippen LogP contribution in [0.1, 0.15) is 168 Å². The Kier molecular flexibility index (Phi) is 40.6. The van der Waals surface area contributed by atoms with E-state index in [9.17, 15) is 25.9 Å². The molecule has 0 aliphatic rings. The highest BCUT2D eigenvalue weighted by Crippen LogP contribution is 2.13. The Morgan fingerprint density at radius 1 is 0.375 bits per heavy atom. The highest BCUT2D eigenvalue weighted by atomic mass is 32.3. The van der Waals surface area contributed by atoms with Gasteiger partial charge in [0.1, 0.15) is 0 Å². The highest BCUT2D eigenvalue weighted by Gasteiger charge is 1.97. The molecule has 0 bridgehead atoms. The number of hydrogen-bond acceptors (Lipinski definition) is 8. The van der Waals surface area contributed by atoms with Crippen LogP contribution in [-0.2, 0) is 29.2 Å². The van der Waals surface area contributed by atoms with Crippen LogP contribution < -0.4 is 12.3 Å². The summed E-state index contributed by atoms with van der Waals surface area (Å²) in [4.78, 5) is 0. The van der Waals surface area contributed by atoms with Crippen LogP contribution in [0.15, 0.2) is 0 Å². The molecule has 0 saturated heterocycles. The lowest BCUT2D eigenvalue weighted by Crippen LogP contribution is -2.05. The van der Waals surface area contributed by atoms with Crippen molar-refractivity contribution in [2.75, 3.05) is 13.2 Å². The summed E-state index contributed by atoms with van der Waals surface area (Å²) in [6.07, 6.45) is 29.1. The first-order valence-corrected chi connectivity index (χ1v) is 18.0. The van der Waals surface area contributed by atoms with Crippen LogP contribution in [0, 0.1) is 0 Å². The second-order valence-electron chi connectivity index (χ2n) is 10.2. The summed E-state index contributed by atoms with van der Waals surface area (Å²) in [6.45, 7) is 4.53. The second-order valence-corrected chi connectivity index (χ2v) is 12.3. The van der Waals surface area contributed by atoms with E-state index in [2.05, 4.69) is 22.2 Å². The number of hydrogen-bond donors (Lipinski definition) is 2. The van der Waals surface area contributed by atoms with Gasteiger partial charge in [-0.15, -0.1) is 0 Å². The molecule has 0 spiro atoms. The maximum Gasteiger partial charge on any atom is 0.217 e. The molecular formula is C28H66N2O8S2. The molecule has 0 rings (SSSR count). The summed E-state index contributed by atoms with van der Waals surface area (Å²) in [6, 6.07) is 0. The molecule has 0 atom stereocenters. The van der Waals surface area contributed by atoms with Crippen molar-refractivity contribution in [1.82, 2.24) is 12.3 Å². The zero-order valence-electron chi connectivity index (χ0n) is 26.5. The number of quaternary nitrogens is 2. The molecule has 0 aliphatic heterocycles. The molecule has 0 fully saturated rings. The molecule has 0 aromatic heterocycles. The van der Waals surface area contributed by atoms with Crippen LogP contribution in [-0.4, -0.2) is 39.2 Å². The normalized spacial score (nSPS) is 11.3. The van der Waals surface area contributed by atoms with Crippen LogP contribution >= 0.6 is 0 Å². The summed E-state index contributed by atoms with van der Waals surface area (Å²) in [5.41, 5.74) is 0. The van der Waals surface area contributed by atoms with E-state index in [-0.39, 0.29) is 25.5 Å². The molecule has 12 heteroatoms. The molecule has 0 aromatic rings. The van der Waals surface area contributed by atoms with E-state index in [1.807, 2.05) is 0 Å². The molecule has 0 aromatic carbocycles. The van der Waals surface area contributed by atoms with Crippen molar-refractivity contribution in [3.05, 3.63) is 0 Å². The fraction of sp³-hybridized carbons (Fsp3) is 1.00. The van der Waals surface area contributed by atoms with Gasteiger partial charge in [-0.05, 0) is 12.8 Å². The van der Waals surface area contributed by atoms with Gasteiger partial charge in [-0.25, -0.2) is 16.8 Å². The predicted molar refractivity (Wildman–Crippen MR) is 165 cm³/mol. The van der Waals surface area contributed by atoms with Crippen LogP contribution in [0.4, 0.5) is 0 Å². The van der Waals surface area contributed by atoms with Gasteiger partial charge < -0.3 is 21.4 Å². The molecule has 0 heterocycles. The van der Waals surface area contributed by atoms with Crippen molar-refractivity contribution in [2.45, 2.75) is 168 Å². The lowest BCUT2D eigenvalue weighted by atomic mass is 10.1. The smallest absolute Gasteiger partial charge is 0.217 e. The number of unbranched alkanes of at least 4 members (excludes halogenated alkanes) is 22. The average Bonchev–Trinajstić information content (AvgIpc) is 2.84. The van der Waals surface area contributed by atoms with E-state index >= 15 is 0 Å². The Morgan fingerprint density at radius 3 is 0.725 bits per heavy atom. The van der Waals surface area contributed by atoms with Crippen LogP contribution in [0.5, 0.6) is 0 Å². The Hall–Kier alpha value is -0.340. The van der Waals surface area contributed by atoms with Crippen LogP contribution in [0.2, 0.25) is 0 Å². The molecule has 40 heavy (non-hydrogen) atoms. The highest BCUT2D eigenvalue weighted by molar-refractivity contribution is 7.81. The maximum absolute atomic E-state index is 10.2. The zero-order valence-corrected chi connectivity index (χ0v) is 28.1. The molecule has 10 nitrogen and oxygen atoms in total. The number of rotatable bonds is 28. The minimum Gasteiger partial charge on any atom is -0.726 e. The van der Waals surface area contributed by atoms with Crippen molar-refractivity contribution in [2.24, 2.45) is 0 Å². The summed E-state index contributed by atoms with van der Waals surface area (Å²) >= 11 is 0. The first-order valence-electron chi connectivity index (χ1n) is 15.3. The lowest BCUT2D eigenvalue weighted by molar-refractivity contribution is 0.253. The lowest BCUT2D eigenvalue weighted by Gasteiger charge is -2.07. The van der Waals surface area contributed by atoms with Gasteiger partial charge in [-0.3, -0.25) is 8.37 Å². The molecule has 0 unspecified atom stereocenters. The molecule has 248 valence electrons. The third-order valence-electron chi connectivity index (χ3n) is 6.45. The predicted octanol–water partition coefficient (Wildman–Crippen LogP) is 9.08. The molecule has 8 N–H and O–H groups in total. The van der Waals surface area contributed by atoms with Gasteiger partial charge in [0.25, 0.3) is 0 Å². The Labute approximate surface area is 248 Å². The molecule has 0 saturated carbocycles. The van der Waals surface area contributed by atoms with Gasteiger partial charge in [0.15, 0.2) is 0 Å². The topological polar surface area (TPSA) is 206 Å². The first kappa shape index (κ1) is 46.6. The monoisotopic (exact) mass is 622 g/mol. The molecule has 0 radical (unpaired) electrons. The zero-order chi connectivity index (χ0) is 28.8. The van der Waals surface area contributed by atoms with Gasteiger partial charge in [0, 0.05) is 0 Å². The van der Waals surface area contributed by atoms with E-state index in [0.717, 1.165) is 25.7 Å². The van der Waals surface area contributed by atoms with E-state index in [0.29, 0.717) is 12.8 Å². The fourth-order valence-corrected chi connectivity index (χ4v) is 4.85. The first-order chi connectivity index (χ1) is 18.1.